The minimum Gasteiger partial charge on any atom is -0.480 e. The van der Waals surface area contributed by atoms with E-state index in [0.717, 1.165) is 32.0 Å². The Morgan fingerprint density at radius 3 is 2.53 bits per heavy atom. The molecule has 6 nitrogen and oxygen atoms in total. The highest BCUT2D eigenvalue weighted by Gasteiger charge is 2.29. The maximum Gasteiger partial charge on any atom is 0.233 e. The number of rotatable bonds is 4. The van der Waals surface area contributed by atoms with E-state index in [2.05, 4.69) is 33.6 Å². The molecule has 1 fully saturated rings. The van der Waals surface area contributed by atoms with E-state index in [1.165, 1.54) is 0 Å². The van der Waals surface area contributed by atoms with Gasteiger partial charge in [0.2, 0.25) is 5.88 Å². The van der Waals surface area contributed by atoms with Crippen LogP contribution in [0.5, 0.6) is 5.88 Å². The molecule has 0 radical (unpaired) electrons. The summed E-state index contributed by atoms with van der Waals surface area (Å²) in [7, 11) is 1.61. The lowest BCUT2D eigenvalue weighted by molar-refractivity contribution is 0.119. The van der Waals surface area contributed by atoms with E-state index >= 15 is 0 Å². The number of anilines is 1. The molecule has 19 heavy (non-hydrogen) atoms. The summed E-state index contributed by atoms with van der Waals surface area (Å²) in [6.07, 6.45) is 3.41. The van der Waals surface area contributed by atoms with Gasteiger partial charge in [0.25, 0.3) is 0 Å². The molecule has 0 spiro atoms. The van der Waals surface area contributed by atoms with Crippen LogP contribution in [0.1, 0.15) is 13.8 Å². The minimum atomic E-state index is 0.0617. The monoisotopic (exact) mass is 265 g/mol. The third-order valence-electron chi connectivity index (χ3n) is 3.77. The fourth-order valence-electron chi connectivity index (χ4n) is 2.26. The molecule has 6 heteroatoms. The second kappa shape index (κ2) is 5.71. The third-order valence-corrected chi connectivity index (χ3v) is 3.77. The van der Waals surface area contributed by atoms with E-state index in [1.54, 1.807) is 19.5 Å². The molecule has 2 heterocycles. The van der Waals surface area contributed by atoms with Crippen LogP contribution in [-0.4, -0.2) is 60.2 Å². The van der Waals surface area contributed by atoms with Crippen molar-refractivity contribution >= 4 is 5.82 Å². The first-order chi connectivity index (χ1) is 9.06. The lowest BCUT2D eigenvalue weighted by atomic mass is 10.0. The number of hydrogen-bond donors (Lipinski definition) is 1. The predicted molar refractivity (Wildman–Crippen MR) is 75.5 cm³/mol. The van der Waals surface area contributed by atoms with Crippen LogP contribution in [0.4, 0.5) is 5.82 Å². The Balaban J connectivity index is 1.99. The molecule has 1 aliphatic rings. The van der Waals surface area contributed by atoms with Crippen LogP contribution in [0.3, 0.4) is 0 Å². The van der Waals surface area contributed by atoms with Crippen molar-refractivity contribution in [3.63, 3.8) is 0 Å². The summed E-state index contributed by atoms with van der Waals surface area (Å²) in [5.41, 5.74) is 5.89. The summed E-state index contributed by atoms with van der Waals surface area (Å²) >= 11 is 0. The second-order valence-corrected chi connectivity index (χ2v) is 5.41. The van der Waals surface area contributed by atoms with Crippen LogP contribution in [0, 0.1) is 0 Å². The fraction of sp³-hybridized carbons (Fsp3) is 0.692. The first kappa shape index (κ1) is 14.0. The lowest BCUT2D eigenvalue weighted by Gasteiger charge is -2.43. The molecule has 1 aromatic rings. The number of hydrogen-bond acceptors (Lipinski definition) is 6. The molecular weight excluding hydrogens is 242 g/mol. The summed E-state index contributed by atoms with van der Waals surface area (Å²) in [4.78, 5) is 13.2. The normalized spacial score (nSPS) is 17.6. The van der Waals surface area contributed by atoms with Gasteiger partial charge in [0.15, 0.2) is 5.82 Å². The molecule has 0 saturated carbocycles. The molecule has 1 aliphatic heterocycles. The standard InChI is InChI=1S/C13H23N5O/c1-13(2,10-14)18-6-4-17(5-7-18)11-8-15-9-12(16-11)19-3/h8-9H,4-7,10,14H2,1-3H3. The molecule has 1 aromatic heterocycles. The highest BCUT2D eigenvalue weighted by Crippen LogP contribution is 2.19. The maximum atomic E-state index is 5.83. The average molecular weight is 265 g/mol. The molecule has 106 valence electrons. The molecule has 2 rings (SSSR count). The van der Waals surface area contributed by atoms with Gasteiger partial charge in [0.1, 0.15) is 0 Å². The van der Waals surface area contributed by atoms with Crippen LogP contribution < -0.4 is 15.4 Å². The van der Waals surface area contributed by atoms with Crippen molar-refractivity contribution in [2.45, 2.75) is 19.4 Å². The van der Waals surface area contributed by atoms with E-state index < -0.39 is 0 Å². The molecule has 1 saturated heterocycles. The number of nitrogens with zero attached hydrogens (tertiary/aromatic N) is 4. The minimum absolute atomic E-state index is 0.0617. The number of ether oxygens (including phenoxy) is 1. The van der Waals surface area contributed by atoms with E-state index in [1.807, 2.05) is 0 Å². The van der Waals surface area contributed by atoms with Gasteiger partial charge in [0.05, 0.1) is 19.5 Å². The molecule has 0 amide bonds. The summed E-state index contributed by atoms with van der Waals surface area (Å²) in [6, 6.07) is 0. The largest absolute Gasteiger partial charge is 0.480 e. The summed E-state index contributed by atoms with van der Waals surface area (Å²) in [6.45, 7) is 8.90. The summed E-state index contributed by atoms with van der Waals surface area (Å²) in [5.74, 6) is 1.44. The van der Waals surface area contributed by atoms with Crippen LogP contribution in [-0.2, 0) is 0 Å². The zero-order chi connectivity index (χ0) is 13.9. The van der Waals surface area contributed by atoms with Crippen LogP contribution in [0.2, 0.25) is 0 Å². The number of methoxy groups -OCH3 is 1. The van der Waals surface area contributed by atoms with Crippen LogP contribution in [0.15, 0.2) is 12.4 Å². The first-order valence-corrected chi connectivity index (χ1v) is 6.63. The molecule has 0 aromatic carbocycles. The van der Waals surface area contributed by atoms with Gasteiger partial charge in [-0.1, -0.05) is 0 Å². The van der Waals surface area contributed by atoms with Gasteiger partial charge in [-0.15, -0.1) is 0 Å². The van der Waals surface area contributed by atoms with Gasteiger partial charge >= 0.3 is 0 Å². The van der Waals surface area contributed by atoms with Crippen molar-refractivity contribution in [3.8, 4) is 5.88 Å². The number of aromatic nitrogens is 2. The second-order valence-electron chi connectivity index (χ2n) is 5.41. The highest BCUT2D eigenvalue weighted by atomic mass is 16.5. The average Bonchev–Trinajstić information content (AvgIpc) is 2.47. The Bertz CT molecular complexity index is 415. The zero-order valence-corrected chi connectivity index (χ0v) is 12.0. The first-order valence-electron chi connectivity index (χ1n) is 6.63. The van der Waals surface area contributed by atoms with Gasteiger partial charge in [-0.25, -0.2) is 0 Å². The van der Waals surface area contributed by atoms with E-state index in [-0.39, 0.29) is 5.54 Å². The van der Waals surface area contributed by atoms with Crippen molar-refractivity contribution in [3.05, 3.63) is 12.4 Å². The Hall–Kier alpha value is -1.40. The Morgan fingerprint density at radius 1 is 1.26 bits per heavy atom. The fourth-order valence-corrected chi connectivity index (χ4v) is 2.26. The van der Waals surface area contributed by atoms with E-state index in [0.29, 0.717) is 12.4 Å². The van der Waals surface area contributed by atoms with Gasteiger partial charge in [-0.05, 0) is 13.8 Å². The van der Waals surface area contributed by atoms with Crippen LogP contribution in [0.25, 0.3) is 0 Å². The third kappa shape index (κ3) is 3.13. The quantitative estimate of drug-likeness (QED) is 0.847. The van der Waals surface area contributed by atoms with Crippen LogP contribution >= 0.6 is 0 Å². The summed E-state index contributed by atoms with van der Waals surface area (Å²) < 4.78 is 5.11. The Kier molecular flexibility index (Phi) is 4.21. The SMILES string of the molecule is COc1cncc(N2CCN(C(C)(C)CN)CC2)n1. The van der Waals surface area contributed by atoms with Crippen molar-refractivity contribution in [2.75, 3.05) is 44.7 Å². The van der Waals surface area contributed by atoms with Gasteiger partial charge in [-0.3, -0.25) is 9.88 Å². The Morgan fingerprint density at radius 2 is 1.95 bits per heavy atom. The predicted octanol–water partition coefficient (Wildman–Crippen LogP) is 0.345. The molecule has 0 bridgehead atoms. The number of piperazine rings is 1. The van der Waals surface area contributed by atoms with Crippen molar-refractivity contribution in [1.29, 1.82) is 0 Å². The molecule has 0 unspecified atom stereocenters. The summed E-state index contributed by atoms with van der Waals surface area (Å²) in [5, 5.41) is 0. The number of nitrogens with two attached hydrogens (primary N) is 1. The molecule has 0 atom stereocenters. The van der Waals surface area contributed by atoms with Crippen molar-refractivity contribution in [2.24, 2.45) is 5.73 Å². The Labute approximate surface area is 114 Å². The van der Waals surface area contributed by atoms with Gasteiger partial charge in [0, 0.05) is 38.3 Å². The van der Waals surface area contributed by atoms with E-state index in [4.69, 9.17) is 10.5 Å². The van der Waals surface area contributed by atoms with Crippen molar-refractivity contribution in [1.82, 2.24) is 14.9 Å². The molecule has 0 aliphatic carbocycles. The maximum absolute atomic E-state index is 5.83. The van der Waals surface area contributed by atoms with Gasteiger partial charge in [-0.2, -0.15) is 4.98 Å². The molecular formula is C13H23N5O. The topological polar surface area (TPSA) is 67.5 Å². The lowest BCUT2D eigenvalue weighted by Crippen LogP contribution is -2.57. The van der Waals surface area contributed by atoms with Gasteiger partial charge < -0.3 is 15.4 Å². The van der Waals surface area contributed by atoms with E-state index in [9.17, 15) is 0 Å². The van der Waals surface area contributed by atoms with Crippen molar-refractivity contribution < 1.29 is 4.74 Å². The molecule has 2 N–H and O–H groups in total. The smallest absolute Gasteiger partial charge is 0.233 e. The highest BCUT2D eigenvalue weighted by molar-refractivity contribution is 5.38. The zero-order valence-electron chi connectivity index (χ0n) is 12.0.